The van der Waals surface area contributed by atoms with E-state index >= 15 is 0 Å². The van der Waals surface area contributed by atoms with Crippen LogP contribution in [0.3, 0.4) is 0 Å². The molecule has 0 bridgehead atoms. The number of halogens is 1. The van der Waals surface area contributed by atoms with E-state index in [2.05, 4.69) is 10.1 Å². The van der Waals surface area contributed by atoms with E-state index < -0.39 is 11.7 Å². The van der Waals surface area contributed by atoms with E-state index in [1.165, 1.54) is 41.6 Å². The van der Waals surface area contributed by atoms with Gasteiger partial charge in [-0.3, -0.25) is 0 Å². The molecule has 2 aromatic rings. The Morgan fingerprint density at radius 1 is 1.23 bits per heavy atom. The fraction of sp³-hybridized carbons (Fsp3) is 0.500. The van der Waals surface area contributed by atoms with Crippen molar-refractivity contribution >= 4 is 0 Å². The van der Waals surface area contributed by atoms with E-state index in [9.17, 15) is 14.6 Å². The summed E-state index contributed by atoms with van der Waals surface area (Å²) in [4.78, 5) is 3.86. The molecule has 120 valence electrons. The molecular formula is C16H22FN3O2. The lowest BCUT2D eigenvalue weighted by Gasteiger charge is -2.35. The van der Waals surface area contributed by atoms with E-state index in [0.717, 1.165) is 0 Å². The van der Waals surface area contributed by atoms with Gasteiger partial charge in [0.15, 0.2) is 0 Å². The van der Waals surface area contributed by atoms with Gasteiger partial charge in [-0.2, -0.15) is 5.10 Å². The van der Waals surface area contributed by atoms with Crippen LogP contribution in [-0.4, -0.2) is 31.1 Å². The van der Waals surface area contributed by atoms with Gasteiger partial charge in [0, 0.05) is 6.42 Å². The van der Waals surface area contributed by atoms with E-state index in [-0.39, 0.29) is 24.2 Å². The Kier molecular flexibility index (Phi) is 4.63. The Morgan fingerprint density at radius 3 is 2.36 bits per heavy atom. The summed E-state index contributed by atoms with van der Waals surface area (Å²) in [6.07, 6.45) is 2.26. The quantitative estimate of drug-likeness (QED) is 0.887. The van der Waals surface area contributed by atoms with Gasteiger partial charge >= 0.3 is 0 Å². The predicted octanol–water partition coefficient (Wildman–Crippen LogP) is 2.10. The lowest BCUT2D eigenvalue weighted by atomic mass is 9.79. The summed E-state index contributed by atoms with van der Waals surface area (Å²) in [5, 5.41) is 25.5. The molecule has 0 radical (unpaired) electrons. The second-order valence-corrected chi connectivity index (χ2v) is 6.72. The zero-order valence-electron chi connectivity index (χ0n) is 13.1. The Balaban J connectivity index is 2.33. The molecule has 1 heterocycles. The molecule has 5 nitrogen and oxygen atoms in total. The molecule has 0 spiro atoms. The zero-order valence-corrected chi connectivity index (χ0v) is 13.1. The Morgan fingerprint density at radius 2 is 1.86 bits per heavy atom. The lowest BCUT2D eigenvalue weighted by Crippen LogP contribution is -2.40. The summed E-state index contributed by atoms with van der Waals surface area (Å²) in [6, 6.07) is 5.65. The highest BCUT2D eigenvalue weighted by Gasteiger charge is 2.37. The van der Waals surface area contributed by atoms with Gasteiger partial charge in [0.1, 0.15) is 24.1 Å². The first-order valence-corrected chi connectivity index (χ1v) is 7.20. The maximum absolute atomic E-state index is 13.1. The minimum absolute atomic E-state index is 0.113. The van der Waals surface area contributed by atoms with Crippen LogP contribution in [0.4, 0.5) is 4.39 Å². The van der Waals surface area contributed by atoms with E-state index in [0.29, 0.717) is 5.56 Å². The zero-order chi connectivity index (χ0) is 16.4. The van der Waals surface area contributed by atoms with Gasteiger partial charge in [0.2, 0.25) is 0 Å². The van der Waals surface area contributed by atoms with Crippen LogP contribution < -0.4 is 0 Å². The third-order valence-corrected chi connectivity index (χ3v) is 3.80. The van der Waals surface area contributed by atoms with Crippen LogP contribution in [0.5, 0.6) is 0 Å². The minimum Gasteiger partial charge on any atom is -0.392 e. The first-order valence-electron chi connectivity index (χ1n) is 7.20. The lowest BCUT2D eigenvalue weighted by molar-refractivity contribution is -0.0600. The van der Waals surface area contributed by atoms with Crippen molar-refractivity contribution < 1.29 is 14.6 Å². The molecule has 1 aromatic carbocycles. The molecular weight excluding hydrogens is 285 g/mol. The standard InChI is InChI=1S/C16H22FN3O2/c1-15(2,3)14(21)8-16(22,9-20-11-18-10-19-20)12-4-6-13(17)7-5-12/h4-7,10-11,14,21-22H,8-9H2,1-3H3. The van der Waals surface area contributed by atoms with Gasteiger partial charge < -0.3 is 10.2 Å². The van der Waals surface area contributed by atoms with Crippen LogP contribution in [0.15, 0.2) is 36.9 Å². The summed E-state index contributed by atoms with van der Waals surface area (Å²) < 4.78 is 14.6. The maximum Gasteiger partial charge on any atom is 0.137 e. The Bertz CT molecular complexity index is 593. The monoisotopic (exact) mass is 307 g/mol. The number of nitrogens with zero attached hydrogens (tertiary/aromatic N) is 3. The molecule has 0 aliphatic rings. The first kappa shape index (κ1) is 16.6. The minimum atomic E-state index is -1.37. The van der Waals surface area contributed by atoms with E-state index in [4.69, 9.17) is 0 Å². The average molecular weight is 307 g/mol. The number of hydrogen-bond acceptors (Lipinski definition) is 4. The van der Waals surface area contributed by atoms with Crippen molar-refractivity contribution in [2.24, 2.45) is 5.41 Å². The number of aliphatic hydroxyl groups is 2. The van der Waals surface area contributed by atoms with Crippen molar-refractivity contribution in [3.05, 3.63) is 48.3 Å². The number of benzene rings is 1. The predicted molar refractivity (Wildman–Crippen MR) is 80.4 cm³/mol. The molecule has 0 saturated heterocycles. The molecule has 2 rings (SSSR count). The normalized spacial score (nSPS) is 16.3. The van der Waals surface area contributed by atoms with Crippen molar-refractivity contribution in [1.29, 1.82) is 0 Å². The van der Waals surface area contributed by atoms with Crippen LogP contribution in [0, 0.1) is 11.2 Å². The van der Waals surface area contributed by atoms with Crippen LogP contribution in [-0.2, 0) is 12.1 Å². The molecule has 0 aliphatic carbocycles. The smallest absolute Gasteiger partial charge is 0.137 e. The number of hydrogen-bond donors (Lipinski definition) is 2. The molecule has 22 heavy (non-hydrogen) atoms. The SMILES string of the molecule is CC(C)(C)C(O)CC(O)(Cn1cncn1)c1ccc(F)cc1. The largest absolute Gasteiger partial charge is 0.392 e. The van der Waals surface area contributed by atoms with Crippen molar-refractivity contribution in [3.63, 3.8) is 0 Å². The molecule has 0 saturated carbocycles. The van der Waals surface area contributed by atoms with Crippen LogP contribution in [0.2, 0.25) is 0 Å². The van der Waals surface area contributed by atoms with Gasteiger partial charge in [0.05, 0.1) is 12.6 Å². The van der Waals surface area contributed by atoms with Gasteiger partial charge in [-0.1, -0.05) is 32.9 Å². The van der Waals surface area contributed by atoms with Crippen LogP contribution >= 0.6 is 0 Å². The molecule has 2 unspecified atom stereocenters. The summed E-state index contributed by atoms with van der Waals surface area (Å²) >= 11 is 0. The van der Waals surface area contributed by atoms with Gasteiger partial charge in [-0.25, -0.2) is 14.1 Å². The maximum atomic E-state index is 13.1. The highest BCUT2D eigenvalue weighted by atomic mass is 19.1. The fourth-order valence-corrected chi connectivity index (χ4v) is 2.24. The van der Waals surface area contributed by atoms with Crippen molar-refractivity contribution in [3.8, 4) is 0 Å². The molecule has 6 heteroatoms. The first-order chi connectivity index (χ1) is 10.2. The number of rotatable bonds is 5. The molecule has 2 N–H and O–H groups in total. The Labute approximate surface area is 129 Å². The highest BCUT2D eigenvalue weighted by molar-refractivity contribution is 5.23. The highest BCUT2D eigenvalue weighted by Crippen LogP contribution is 2.34. The van der Waals surface area contributed by atoms with Crippen molar-refractivity contribution in [1.82, 2.24) is 14.8 Å². The number of aromatic nitrogens is 3. The van der Waals surface area contributed by atoms with E-state index in [1.54, 1.807) is 0 Å². The summed E-state index contributed by atoms with van der Waals surface area (Å²) in [5.41, 5.74) is -1.21. The van der Waals surface area contributed by atoms with Gasteiger partial charge in [0.25, 0.3) is 0 Å². The van der Waals surface area contributed by atoms with E-state index in [1.807, 2.05) is 20.8 Å². The van der Waals surface area contributed by atoms with Crippen LogP contribution in [0.25, 0.3) is 0 Å². The summed E-state index contributed by atoms with van der Waals surface area (Å²) in [5.74, 6) is -0.372. The second-order valence-electron chi connectivity index (χ2n) is 6.72. The topological polar surface area (TPSA) is 71.2 Å². The average Bonchev–Trinajstić information content (AvgIpc) is 2.90. The number of aliphatic hydroxyl groups excluding tert-OH is 1. The van der Waals surface area contributed by atoms with Crippen molar-refractivity contribution in [2.75, 3.05) is 0 Å². The van der Waals surface area contributed by atoms with Crippen LogP contribution in [0.1, 0.15) is 32.8 Å². The summed E-state index contributed by atoms with van der Waals surface area (Å²) in [7, 11) is 0. The fourth-order valence-electron chi connectivity index (χ4n) is 2.24. The second kappa shape index (κ2) is 6.14. The molecule has 1 aromatic heterocycles. The van der Waals surface area contributed by atoms with Gasteiger partial charge in [-0.05, 0) is 23.1 Å². The molecule has 0 amide bonds. The van der Waals surface area contributed by atoms with Gasteiger partial charge in [-0.15, -0.1) is 0 Å². The third kappa shape index (κ3) is 3.90. The molecule has 0 fully saturated rings. The molecule has 0 aliphatic heterocycles. The Hall–Kier alpha value is -1.79. The van der Waals surface area contributed by atoms with Crippen molar-refractivity contribution in [2.45, 2.75) is 45.4 Å². The molecule has 2 atom stereocenters. The third-order valence-electron chi connectivity index (χ3n) is 3.80. The summed E-state index contributed by atoms with van der Waals surface area (Å²) in [6.45, 7) is 5.83.